The summed E-state index contributed by atoms with van der Waals surface area (Å²) in [5, 5.41) is 173. The lowest BCUT2D eigenvalue weighted by Gasteiger charge is -2.49. The molecule has 6 heterocycles. The smallest absolute Gasteiger partial charge is 0.309 e. The lowest BCUT2D eigenvalue weighted by Crippen LogP contribution is -2.67. The minimum atomic E-state index is -2.09. The highest BCUT2D eigenvalue weighted by molar-refractivity contribution is 5.72. The third-order valence-electron chi connectivity index (χ3n) is 15.4. The van der Waals surface area contributed by atoms with E-state index in [1.165, 1.54) is 13.8 Å². The topological polar surface area (TPSA) is 442 Å². The van der Waals surface area contributed by atoms with Crippen molar-refractivity contribution in [3.05, 3.63) is 12.2 Å². The van der Waals surface area contributed by atoms with E-state index in [2.05, 4.69) is 6.92 Å². The molecule has 0 aromatic carbocycles. The highest BCUT2D eigenvalue weighted by atomic mass is 16.8. The van der Waals surface area contributed by atoms with Crippen LogP contribution in [0.15, 0.2) is 12.2 Å². The standard InChI is InChI=1S/C48H82O28/c1-5-6-7-8-9-10-11-18(2)43(64)73-42-37(63)40(76-48-36(62)32(58)39(25(16-53)72-48)75-47-34(60)29(55)20(4)22(13-50)70-47)23(14-51)67-41(42)27-26(68-44(65)30(27)56)17-66-45-35(61)31(57)38(24(15-52)71-45)74-46-33(59)28(54)19(3)21(12-49)69-46/h9-10,18-42,44-63,65H,5-8,11-17H2,1-4H3. The molecular formula is C48H82O28. The number of aliphatic hydroxyl groups excluding tert-OH is 16. The van der Waals surface area contributed by atoms with Crippen molar-refractivity contribution in [1.82, 2.24) is 0 Å². The zero-order valence-electron chi connectivity index (χ0n) is 42.8. The molecule has 0 bridgehead atoms. The van der Waals surface area contributed by atoms with Gasteiger partial charge in [-0.25, -0.2) is 0 Å². The summed E-state index contributed by atoms with van der Waals surface area (Å²) in [6, 6.07) is 0. The maximum absolute atomic E-state index is 13.9. The summed E-state index contributed by atoms with van der Waals surface area (Å²) in [5.74, 6) is -4.76. The fourth-order valence-corrected chi connectivity index (χ4v) is 10.4. The number of hydrogen-bond donors (Lipinski definition) is 16. The molecule has 30 atom stereocenters. The number of allylic oxidation sites excluding steroid dienone is 2. The van der Waals surface area contributed by atoms with E-state index < -0.39 is 229 Å². The molecule has 0 spiro atoms. The summed E-state index contributed by atoms with van der Waals surface area (Å²) < 4.78 is 63.9. The Labute approximate surface area is 438 Å². The first-order valence-corrected chi connectivity index (χ1v) is 26.1. The molecule has 0 aromatic rings. The summed E-state index contributed by atoms with van der Waals surface area (Å²) in [5.41, 5.74) is 0. The largest absolute Gasteiger partial charge is 0.456 e. The van der Waals surface area contributed by atoms with Crippen LogP contribution >= 0.6 is 0 Å². The molecular weight excluding hydrogens is 1020 g/mol. The molecule has 6 rings (SSSR count). The van der Waals surface area contributed by atoms with Gasteiger partial charge < -0.3 is 134 Å². The van der Waals surface area contributed by atoms with Crippen LogP contribution in [0.3, 0.4) is 0 Å². The molecule has 6 saturated heterocycles. The van der Waals surface area contributed by atoms with E-state index in [1.54, 1.807) is 13.0 Å². The Hall–Kier alpha value is -1.83. The fraction of sp³-hybridized carbons (Fsp3) is 0.938. The number of esters is 1. The normalized spacial score (nSPS) is 47.8. The highest BCUT2D eigenvalue weighted by Crippen LogP contribution is 2.41. The zero-order valence-corrected chi connectivity index (χ0v) is 42.8. The number of carbonyl (C=O) groups excluding carboxylic acids is 1. The average molecular weight is 1110 g/mol. The van der Waals surface area contributed by atoms with E-state index in [1.807, 2.05) is 6.08 Å². The molecule has 0 aliphatic carbocycles. The maximum atomic E-state index is 13.9. The molecule has 0 aromatic heterocycles. The Bertz CT molecular complexity index is 1760. The third kappa shape index (κ3) is 14.1. The molecule has 28 nitrogen and oxygen atoms in total. The molecule has 0 amide bonds. The Kier molecular flexibility index (Phi) is 24.0. The molecule has 6 aliphatic rings. The Morgan fingerprint density at radius 3 is 1.41 bits per heavy atom. The van der Waals surface area contributed by atoms with Gasteiger partial charge in [-0.2, -0.15) is 0 Å². The van der Waals surface area contributed by atoms with Crippen molar-refractivity contribution < 1.29 is 139 Å². The number of rotatable bonds is 23. The molecule has 6 aliphatic heterocycles. The van der Waals surface area contributed by atoms with Crippen LogP contribution in [0.5, 0.6) is 0 Å². The Morgan fingerprint density at radius 2 is 0.921 bits per heavy atom. The summed E-state index contributed by atoms with van der Waals surface area (Å²) in [6.07, 6.45) is -36.8. The van der Waals surface area contributed by atoms with Gasteiger partial charge in [-0.1, -0.05) is 52.7 Å². The van der Waals surface area contributed by atoms with Crippen molar-refractivity contribution >= 4 is 5.97 Å². The predicted octanol–water partition coefficient (Wildman–Crippen LogP) is -6.92. The van der Waals surface area contributed by atoms with Gasteiger partial charge in [0, 0.05) is 17.8 Å². The van der Waals surface area contributed by atoms with Gasteiger partial charge in [0.05, 0.1) is 76.1 Å². The first-order valence-electron chi connectivity index (χ1n) is 26.1. The molecule has 0 radical (unpaired) electrons. The van der Waals surface area contributed by atoms with Crippen molar-refractivity contribution in [2.24, 2.45) is 23.7 Å². The maximum Gasteiger partial charge on any atom is 0.309 e. The lowest BCUT2D eigenvalue weighted by molar-refractivity contribution is -0.372. The van der Waals surface area contributed by atoms with Crippen LogP contribution in [0.4, 0.5) is 0 Å². The average Bonchev–Trinajstić information content (AvgIpc) is 3.69. The van der Waals surface area contributed by atoms with Gasteiger partial charge in [0.15, 0.2) is 37.6 Å². The van der Waals surface area contributed by atoms with Gasteiger partial charge in [0.2, 0.25) is 0 Å². The van der Waals surface area contributed by atoms with E-state index in [4.69, 9.17) is 52.1 Å². The van der Waals surface area contributed by atoms with E-state index in [0.717, 1.165) is 25.7 Å². The molecule has 16 N–H and O–H groups in total. The molecule has 76 heavy (non-hydrogen) atoms. The zero-order chi connectivity index (χ0) is 55.9. The van der Waals surface area contributed by atoms with Crippen LogP contribution in [0.25, 0.3) is 0 Å². The van der Waals surface area contributed by atoms with E-state index >= 15 is 0 Å². The first kappa shape index (κ1) is 63.4. The van der Waals surface area contributed by atoms with Gasteiger partial charge in [-0.15, -0.1) is 0 Å². The van der Waals surface area contributed by atoms with Crippen LogP contribution in [0.2, 0.25) is 0 Å². The molecule has 442 valence electrons. The molecule has 28 heteroatoms. The minimum Gasteiger partial charge on any atom is -0.456 e. The van der Waals surface area contributed by atoms with Crippen molar-refractivity contribution in [3.8, 4) is 0 Å². The lowest BCUT2D eigenvalue weighted by atomic mass is 9.82. The van der Waals surface area contributed by atoms with Crippen LogP contribution in [0.1, 0.15) is 59.8 Å². The van der Waals surface area contributed by atoms with Crippen molar-refractivity contribution in [3.63, 3.8) is 0 Å². The summed E-state index contributed by atoms with van der Waals surface area (Å²) in [6.45, 7) is 1.99. The van der Waals surface area contributed by atoms with E-state index in [0.29, 0.717) is 0 Å². The van der Waals surface area contributed by atoms with Crippen molar-refractivity contribution in [2.75, 3.05) is 39.6 Å². The number of carbonyl (C=O) groups is 1. The summed E-state index contributed by atoms with van der Waals surface area (Å²) in [7, 11) is 0. The fourth-order valence-electron chi connectivity index (χ4n) is 10.4. The predicted molar refractivity (Wildman–Crippen MR) is 249 cm³/mol. The first-order chi connectivity index (χ1) is 36.2. The second-order valence-corrected chi connectivity index (χ2v) is 20.6. The van der Waals surface area contributed by atoms with Crippen LogP contribution < -0.4 is 0 Å². The van der Waals surface area contributed by atoms with Crippen LogP contribution in [-0.2, 0) is 56.9 Å². The summed E-state index contributed by atoms with van der Waals surface area (Å²) in [4.78, 5) is 13.9. The van der Waals surface area contributed by atoms with Gasteiger partial charge in [-0.3, -0.25) is 4.79 Å². The third-order valence-corrected chi connectivity index (χ3v) is 15.4. The van der Waals surface area contributed by atoms with Gasteiger partial charge >= 0.3 is 5.97 Å². The Balaban J connectivity index is 1.21. The highest BCUT2D eigenvalue weighted by Gasteiger charge is 2.60. The van der Waals surface area contributed by atoms with E-state index in [-0.39, 0.29) is 6.42 Å². The summed E-state index contributed by atoms with van der Waals surface area (Å²) >= 11 is 0. The second-order valence-electron chi connectivity index (χ2n) is 20.6. The second kappa shape index (κ2) is 28.7. The monoisotopic (exact) mass is 1110 g/mol. The number of hydrogen-bond acceptors (Lipinski definition) is 28. The van der Waals surface area contributed by atoms with Gasteiger partial charge in [0.25, 0.3) is 0 Å². The molecule has 6 fully saturated rings. The van der Waals surface area contributed by atoms with Gasteiger partial charge in [-0.05, 0) is 19.3 Å². The van der Waals surface area contributed by atoms with Crippen LogP contribution in [0, 0.1) is 23.7 Å². The SMILES string of the molecule is CCCCCC=CCC(C)C(=O)OC1C(O)C(OC2OC(CO)C(OC3OC(CO)C(C)C(O)C3O)C(O)C2O)C(CO)OC1C1C(COC2OC(CO)C(OC3OC(CO)C(C)C(O)C3O)C(O)C2O)OC(O)C1O. The van der Waals surface area contributed by atoms with Gasteiger partial charge in [0.1, 0.15) is 91.6 Å². The van der Waals surface area contributed by atoms with Crippen LogP contribution in [-0.4, -0.2) is 287 Å². The molecule has 0 saturated carbocycles. The van der Waals surface area contributed by atoms with E-state index in [9.17, 15) is 86.5 Å². The molecule has 30 unspecified atom stereocenters. The quantitative estimate of drug-likeness (QED) is 0.0257. The minimum absolute atomic E-state index is 0.186. The number of aliphatic hydroxyl groups is 16. The number of unbranched alkanes of at least 4 members (excludes halogenated alkanes) is 3. The Morgan fingerprint density at radius 1 is 0.487 bits per heavy atom. The number of ether oxygens (including phenoxy) is 11. The van der Waals surface area contributed by atoms with Crippen molar-refractivity contribution in [1.29, 1.82) is 0 Å². The van der Waals surface area contributed by atoms with Crippen molar-refractivity contribution in [2.45, 2.75) is 219 Å².